The van der Waals surface area contributed by atoms with Gasteiger partial charge in [-0.25, -0.2) is 4.79 Å². The summed E-state index contributed by atoms with van der Waals surface area (Å²) in [6, 6.07) is 0. The Kier molecular flexibility index (Phi) is 4.17. The van der Waals surface area contributed by atoms with Crippen molar-refractivity contribution >= 4 is 5.97 Å². The molecule has 1 unspecified atom stereocenters. The number of piperazine rings is 1. The number of aliphatic carboxylic acids is 1. The van der Waals surface area contributed by atoms with Gasteiger partial charge in [0.15, 0.2) is 5.60 Å². The van der Waals surface area contributed by atoms with Crippen molar-refractivity contribution in [2.75, 3.05) is 32.7 Å². The fourth-order valence-corrected chi connectivity index (χ4v) is 2.08. The smallest absolute Gasteiger partial charge is 0.336 e. The van der Waals surface area contributed by atoms with E-state index in [1.807, 2.05) is 4.90 Å². The Morgan fingerprint density at radius 1 is 1.12 bits per heavy atom. The predicted octanol–water partition coefficient (Wildman–Crippen LogP) is 0.238. The lowest BCUT2D eigenvalue weighted by atomic mass is 10.0. The van der Waals surface area contributed by atoms with Gasteiger partial charge in [-0.1, -0.05) is 0 Å². The molecule has 1 heterocycles. The standard InChI is InChI=1S/C12H24N2O3/c1-11(2,3)14-7-5-13(6-8-14)9-12(4,17)10(15)16/h17H,5-9H2,1-4H3,(H,15,16). The molecule has 1 fully saturated rings. The molecular formula is C12H24N2O3. The van der Waals surface area contributed by atoms with Gasteiger partial charge < -0.3 is 10.2 Å². The predicted molar refractivity (Wildman–Crippen MR) is 66.0 cm³/mol. The molecule has 0 radical (unpaired) electrons. The molecule has 100 valence electrons. The van der Waals surface area contributed by atoms with Crippen molar-refractivity contribution in [1.29, 1.82) is 0 Å². The van der Waals surface area contributed by atoms with Crippen LogP contribution in [0.15, 0.2) is 0 Å². The lowest BCUT2D eigenvalue weighted by molar-refractivity contribution is -0.159. The maximum atomic E-state index is 10.8. The molecule has 0 aromatic rings. The summed E-state index contributed by atoms with van der Waals surface area (Å²) in [6.45, 7) is 11.5. The highest BCUT2D eigenvalue weighted by atomic mass is 16.4. The molecule has 1 atom stereocenters. The summed E-state index contributed by atoms with van der Waals surface area (Å²) in [6.07, 6.45) is 0. The van der Waals surface area contributed by atoms with Gasteiger partial charge in [-0.05, 0) is 27.7 Å². The van der Waals surface area contributed by atoms with Crippen LogP contribution in [0.25, 0.3) is 0 Å². The first kappa shape index (κ1) is 14.4. The highest BCUT2D eigenvalue weighted by Crippen LogP contribution is 2.17. The monoisotopic (exact) mass is 244 g/mol. The summed E-state index contributed by atoms with van der Waals surface area (Å²) in [4.78, 5) is 15.2. The van der Waals surface area contributed by atoms with Crippen molar-refractivity contribution in [2.45, 2.75) is 38.8 Å². The Balaban J connectivity index is 2.46. The minimum absolute atomic E-state index is 0.154. The molecule has 0 spiro atoms. The van der Waals surface area contributed by atoms with E-state index in [1.165, 1.54) is 6.92 Å². The highest BCUT2D eigenvalue weighted by Gasteiger charge is 2.34. The van der Waals surface area contributed by atoms with Crippen LogP contribution in [-0.2, 0) is 4.79 Å². The van der Waals surface area contributed by atoms with Gasteiger partial charge in [-0.2, -0.15) is 0 Å². The molecule has 17 heavy (non-hydrogen) atoms. The first-order valence-electron chi connectivity index (χ1n) is 6.06. The van der Waals surface area contributed by atoms with Gasteiger partial charge in [0.25, 0.3) is 0 Å². The number of hydrogen-bond acceptors (Lipinski definition) is 4. The van der Waals surface area contributed by atoms with Crippen molar-refractivity contribution in [1.82, 2.24) is 9.80 Å². The molecule has 1 saturated heterocycles. The van der Waals surface area contributed by atoms with Crippen molar-refractivity contribution in [3.05, 3.63) is 0 Å². The van der Waals surface area contributed by atoms with Crippen LogP contribution in [-0.4, -0.2) is 69.8 Å². The first-order valence-corrected chi connectivity index (χ1v) is 6.06. The number of carbonyl (C=O) groups is 1. The maximum Gasteiger partial charge on any atom is 0.336 e. The van der Waals surface area contributed by atoms with Gasteiger partial charge in [-0.15, -0.1) is 0 Å². The van der Waals surface area contributed by atoms with Crippen LogP contribution < -0.4 is 0 Å². The number of hydrogen-bond donors (Lipinski definition) is 2. The number of carboxylic acids is 1. The molecule has 1 aliphatic heterocycles. The Morgan fingerprint density at radius 3 is 1.94 bits per heavy atom. The third-order valence-corrected chi connectivity index (χ3v) is 3.31. The molecule has 5 heteroatoms. The van der Waals surface area contributed by atoms with Crippen molar-refractivity contribution in [2.24, 2.45) is 0 Å². The van der Waals surface area contributed by atoms with E-state index in [4.69, 9.17) is 5.11 Å². The minimum Gasteiger partial charge on any atom is -0.479 e. The number of nitrogens with zero attached hydrogens (tertiary/aromatic N) is 2. The maximum absolute atomic E-state index is 10.8. The Labute approximate surface area is 103 Å². The highest BCUT2D eigenvalue weighted by molar-refractivity contribution is 5.76. The zero-order valence-electron chi connectivity index (χ0n) is 11.2. The summed E-state index contributed by atoms with van der Waals surface area (Å²) in [5.41, 5.74) is -1.49. The zero-order chi connectivity index (χ0) is 13.3. The molecule has 5 nitrogen and oxygen atoms in total. The summed E-state index contributed by atoms with van der Waals surface area (Å²) < 4.78 is 0. The zero-order valence-corrected chi connectivity index (χ0v) is 11.2. The van der Waals surface area contributed by atoms with E-state index in [0.717, 1.165) is 26.2 Å². The Bertz CT molecular complexity index is 276. The molecule has 0 aromatic carbocycles. The van der Waals surface area contributed by atoms with Gasteiger partial charge >= 0.3 is 5.97 Å². The van der Waals surface area contributed by atoms with Crippen LogP contribution in [0.1, 0.15) is 27.7 Å². The van der Waals surface area contributed by atoms with Gasteiger partial charge in [0.05, 0.1) is 0 Å². The van der Waals surface area contributed by atoms with Gasteiger partial charge in [-0.3, -0.25) is 9.80 Å². The topological polar surface area (TPSA) is 64.0 Å². The van der Waals surface area contributed by atoms with Gasteiger partial charge in [0.2, 0.25) is 0 Å². The largest absolute Gasteiger partial charge is 0.479 e. The Hall–Kier alpha value is -0.650. The lowest BCUT2D eigenvalue weighted by Crippen LogP contribution is -2.57. The number of rotatable bonds is 3. The van der Waals surface area contributed by atoms with E-state index in [9.17, 15) is 9.90 Å². The van der Waals surface area contributed by atoms with Crippen LogP contribution in [0.5, 0.6) is 0 Å². The molecule has 0 aromatic heterocycles. The molecule has 1 aliphatic rings. The SMILES string of the molecule is CC(O)(CN1CCN(C(C)(C)C)CC1)C(=O)O. The molecule has 1 rings (SSSR count). The number of carboxylic acid groups (broad SMARTS) is 1. The lowest BCUT2D eigenvalue weighted by Gasteiger charge is -2.43. The second-order valence-electron chi connectivity index (χ2n) is 6.01. The third-order valence-electron chi connectivity index (χ3n) is 3.31. The second kappa shape index (κ2) is 4.92. The van der Waals surface area contributed by atoms with E-state index in [-0.39, 0.29) is 12.1 Å². The minimum atomic E-state index is -1.65. The van der Waals surface area contributed by atoms with E-state index in [1.54, 1.807) is 0 Å². The Morgan fingerprint density at radius 2 is 1.59 bits per heavy atom. The van der Waals surface area contributed by atoms with E-state index >= 15 is 0 Å². The quantitative estimate of drug-likeness (QED) is 0.744. The fourth-order valence-electron chi connectivity index (χ4n) is 2.08. The van der Waals surface area contributed by atoms with Crippen LogP contribution >= 0.6 is 0 Å². The number of aliphatic hydroxyl groups is 1. The van der Waals surface area contributed by atoms with Crippen LogP contribution in [0.2, 0.25) is 0 Å². The molecule has 0 amide bonds. The van der Waals surface area contributed by atoms with Crippen LogP contribution in [0, 0.1) is 0 Å². The van der Waals surface area contributed by atoms with Gasteiger partial charge in [0, 0.05) is 38.3 Å². The van der Waals surface area contributed by atoms with Crippen LogP contribution in [0.4, 0.5) is 0 Å². The van der Waals surface area contributed by atoms with Crippen molar-refractivity contribution in [3.8, 4) is 0 Å². The fraction of sp³-hybridized carbons (Fsp3) is 0.917. The summed E-state index contributed by atoms with van der Waals surface area (Å²) in [5.74, 6) is -1.16. The summed E-state index contributed by atoms with van der Waals surface area (Å²) in [5, 5.41) is 18.6. The van der Waals surface area contributed by atoms with E-state index in [0.29, 0.717) is 0 Å². The van der Waals surface area contributed by atoms with E-state index < -0.39 is 11.6 Å². The van der Waals surface area contributed by atoms with E-state index in [2.05, 4.69) is 25.7 Å². The number of β-amino-alcohol motifs (C(OH)–C–C–N with tert-alkyl or cyclic N) is 1. The second-order valence-corrected chi connectivity index (χ2v) is 6.01. The summed E-state index contributed by atoms with van der Waals surface area (Å²) in [7, 11) is 0. The molecule has 0 saturated carbocycles. The van der Waals surface area contributed by atoms with Gasteiger partial charge in [0.1, 0.15) is 0 Å². The van der Waals surface area contributed by atoms with Crippen LogP contribution in [0.3, 0.4) is 0 Å². The van der Waals surface area contributed by atoms with Crippen molar-refractivity contribution < 1.29 is 15.0 Å². The molecule has 0 aliphatic carbocycles. The molecular weight excluding hydrogens is 220 g/mol. The first-order chi connectivity index (χ1) is 7.63. The molecule has 0 bridgehead atoms. The third kappa shape index (κ3) is 3.94. The van der Waals surface area contributed by atoms with Crippen molar-refractivity contribution in [3.63, 3.8) is 0 Å². The average molecular weight is 244 g/mol. The normalized spacial score (nSPS) is 23.4. The molecule has 2 N–H and O–H groups in total. The average Bonchev–Trinajstić information content (AvgIpc) is 2.16. The summed E-state index contributed by atoms with van der Waals surface area (Å²) >= 11 is 0.